The van der Waals surface area contributed by atoms with Crippen LogP contribution in [0.25, 0.3) is 0 Å². The van der Waals surface area contributed by atoms with Gasteiger partial charge in [-0.25, -0.2) is 4.39 Å². The molecule has 0 heterocycles. The van der Waals surface area contributed by atoms with E-state index in [1.807, 2.05) is 6.07 Å². The van der Waals surface area contributed by atoms with Crippen LogP contribution in [0.3, 0.4) is 0 Å². The first-order chi connectivity index (χ1) is 8.59. The second-order valence-electron chi connectivity index (χ2n) is 5.00. The molecule has 1 nitrogen and oxygen atoms in total. The highest BCUT2D eigenvalue weighted by molar-refractivity contribution is 9.10. The highest BCUT2D eigenvalue weighted by Crippen LogP contribution is 2.29. The molecule has 2 atom stereocenters. The maximum Gasteiger partial charge on any atom is 0.137 e. The van der Waals surface area contributed by atoms with Gasteiger partial charge in [-0.15, -0.1) is 11.6 Å². The van der Waals surface area contributed by atoms with Crippen molar-refractivity contribution in [3.8, 4) is 0 Å². The van der Waals surface area contributed by atoms with E-state index in [-0.39, 0.29) is 11.2 Å². The minimum atomic E-state index is -0.202. The van der Waals surface area contributed by atoms with Crippen LogP contribution in [-0.4, -0.2) is 23.4 Å². The molecule has 0 amide bonds. The third-order valence-corrected chi connectivity index (χ3v) is 5.06. The first-order valence-electron chi connectivity index (χ1n) is 6.37. The molecule has 1 saturated carbocycles. The Morgan fingerprint density at radius 2 is 2.11 bits per heavy atom. The number of hydrogen-bond donors (Lipinski definition) is 0. The lowest BCUT2D eigenvalue weighted by atomic mass is 9.93. The van der Waals surface area contributed by atoms with E-state index in [0.717, 1.165) is 24.9 Å². The predicted molar refractivity (Wildman–Crippen MR) is 77.5 cm³/mol. The van der Waals surface area contributed by atoms with Crippen LogP contribution in [0.1, 0.15) is 31.2 Å². The summed E-state index contributed by atoms with van der Waals surface area (Å²) in [4.78, 5) is 2.25. The monoisotopic (exact) mass is 333 g/mol. The van der Waals surface area contributed by atoms with Crippen LogP contribution in [-0.2, 0) is 6.54 Å². The number of alkyl halides is 1. The summed E-state index contributed by atoms with van der Waals surface area (Å²) in [6, 6.07) is 5.58. The molecule has 100 valence electrons. The molecular formula is C14H18BrClFN. The Morgan fingerprint density at radius 1 is 1.39 bits per heavy atom. The molecule has 0 aromatic heterocycles. The van der Waals surface area contributed by atoms with E-state index in [1.54, 1.807) is 6.07 Å². The Kier molecular flexibility index (Phi) is 5.05. The molecule has 0 bridgehead atoms. The smallest absolute Gasteiger partial charge is 0.137 e. The third-order valence-electron chi connectivity index (χ3n) is 3.66. The van der Waals surface area contributed by atoms with Gasteiger partial charge in [-0.1, -0.05) is 25.0 Å². The van der Waals surface area contributed by atoms with E-state index in [0.29, 0.717) is 10.5 Å². The van der Waals surface area contributed by atoms with Gasteiger partial charge in [0.25, 0.3) is 0 Å². The summed E-state index contributed by atoms with van der Waals surface area (Å²) in [6.07, 6.45) is 4.68. The Balaban J connectivity index is 2.06. The maximum absolute atomic E-state index is 13.5. The van der Waals surface area contributed by atoms with Crippen molar-refractivity contribution in [2.24, 2.45) is 0 Å². The molecule has 1 aromatic carbocycles. The lowest BCUT2D eigenvalue weighted by Gasteiger charge is -2.35. The van der Waals surface area contributed by atoms with Crippen molar-refractivity contribution in [3.05, 3.63) is 34.1 Å². The topological polar surface area (TPSA) is 3.24 Å². The fourth-order valence-corrected chi connectivity index (χ4v) is 3.48. The Hall–Kier alpha value is -0.120. The van der Waals surface area contributed by atoms with Crippen molar-refractivity contribution in [1.29, 1.82) is 0 Å². The summed E-state index contributed by atoms with van der Waals surface area (Å²) in [6.45, 7) is 0.728. The zero-order valence-corrected chi connectivity index (χ0v) is 12.8. The van der Waals surface area contributed by atoms with Gasteiger partial charge in [-0.2, -0.15) is 0 Å². The van der Waals surface area contributed by atoms with Crippen molar-refractivity contribution in [1.82, 2.24) is 4.90 Å². The maximum atomic E-state index is 13.5. The molecule has 1 aromatic rings. The van der Waals surface area contributed by atoms with Crippen molar-refractivity contribution in [2.45, 2.75) is 43.6 Å². The van der Waals surface area contributed by atoms with Gasteiger partial charge in [0.05, 0.1) is 4.47 Å². The number of halogens is 3. The second kappa shape index (κ2) is 6.36. The van der Waals surface area contributed by atoms with E-state index in [1.165, 1.54) is 18.9 Å². The fraction of sp³-hybridized carbons (Fsp3) is 0.571. The van der Waals surface area contributed by atoms with Crippen LogP contribution in [0.2, 0.25) is 0 Å². The molecule has 0 aliphatic heterocycles. The normalized spacial score (nSPS) is 24.5. The number of rotatable bonds is 3. The predicted octanol–water partition coefficient (Wildman–Crippen LogP) is 4.57. The SMILES string of the molecule is CN(Cc1cccc(F)c1Br)C1CCCCC1Cl. The molecular weight excluding hydrogens is 317 g/mol. The molecule has 2 unspecified atom stereocenters. The van der Waals surface area contributed by atoms with Gasteiger partial charge >= 0.3 is 0 Å². The summed E-state index contributed by atoms with van der Waals surface area (Å²) in [7, 11) is 2.07. The molecule has 1 aliphatic rings. The van der Waals surface area contributed by atoms with E-state index in [2.05, 4.69) is 27.9 Å². The van der Waals surface area contributed by atoms with Gasteiger partial charge in [0.1, 0.15) is 5.82 Å². The quantitative estimate of drug-likeness (QED) is 0.732. The van der Waals surface area contributed by atoms with Gasteiger partial charge in [-0.3, -0.25) is 4.90 Å². The highest BCUT2D eigenvalue weighted by Gasteiger charge is 2.26. The van der Waals surface area contributed by atoms with E-state index in [9.17, 15) is 4.39 Å². The third kappa shape index (κ3) is 3.25. The van der Waals surface area contributed by atoms with Crippen molar-refractivity contribution in [2.75, 3.05) is 7.05 Å². The summed E-state index contributed by atoms with van der Waals surface area (Å²) < 4.78 is 14.0. The molecule has 4 heteroatoms. The van der Waals surface area contributed by atoms with Crippen LogP contribution in [0.15, 0.2) is 22.7 Å². The second-order valence-corrected chi connectivity index (χ2v) is 6.35. The summed E-state index contributed by atoms with van der Waals surface area (Å²) >= 11 is 9.70. The zero-order valence-electron chi connectivity index (χ0n) is 10.5. The molecule has 0 N–H and O–H groups in total. The van der Waals surface area contributed by atoms with Crippen LogP contribution in [0, 0.1) is 5.82 Å². The van der Waals surface area contributed by atoms with Crippen molar-refractivity contribution < 1.29 is 4.39 Å². The number of nitrogens with zero attached hydrogens (tertiary/aromatic N) is 1. The fourth-order valence-electron chi connectivity index (χ4n) is 2.62. The Labute approximate surface area is 121 Å². The number of benzene rings is 1. The first kappa shape index (κ1) is 14.3. The van der Waals surface area contributed by atoms with Crippen LogP contribution in [0.4, 0.5) is 4.39 Å². The average molecular weight is 335 g/mol. The molecule has 0 radical (unpaired) electrons. The van der Waals surface area contributed by atoms with Crippen LogP contribution < -0.4 is 0 Å². The standard InChI is InChI=1S/C14H18BrClFN/c1-18(13-8-3-2-6-11(13)16)9-10-5-4-7-12(17)14(10)15/h4-5,7,11,13H,2-3,6,8-9H2,1H3. The Bertz CT molecular complexity index is 413. The van der Waals surface area contributed by atoms with Crippen LogP contribution in [0.5, 0.6) is 0 Å². The summed E-state index contributed by atoms with van der Waals surface area (Å²) in [5, 5.41) is 0.219. The zero-order chi connectivity index (χ0) is 13.1. The lowest BCUT2D eigenvalue weighted by molar-refractivity contribution is 0.188. The van der Waals surface area contributed by atoms with Gasteiger partial charge in [0.15, 0.2) is 0 Å². The summed E-state index contributed by atoms with van der Waals surface area (Å²) in [5.41, 5.74) is 0.979. The molecule has 1 fully saturated rings. The minimum Gasteiger partial charge on any atom is -0.298 e. The van der Waals surface area contributed by atoms with Crippen molar-refractivity contribution >= 4 is 27.5 Å². The largest absolute Gasteiger partial charge is 0.298 e. The van der Waals surface area contributed by atoms with E-state index < -0.39 is 0 Å². The van der Waals surface area contributed by atoms with Gasteiger partial charge in [-0.05, 0) is 47.4 Å². The molecule has 0 saturated heterocycles. The average Bonchev–Trinajstić information content (AvgIpc) is 2.35. The molecule has 2 rings (SSSR count). The van der Waals surface area contributed by atoms with Gasteiger partial charge < -0.3 is 0 Å². The highest BCUT2D eigenvalue weighted by atomic mass is 79.9. The minimum absolute atomic E-state index is 0.202. The van der Waals surface area contributed by atoms with E-state index >= 15 is 0 Å². The molecule has 1 aliphatic carbocycles. The molecule has 0 spiro atoms. The van der Waals surface area contributed by atoms with Crippen LogP contribution >= 0.6 is 27.5 Å². The van der Waals surface area contributed by atoms with E-state index in [4.69, 9.17) is 11.6 Å². The first-order valence-corrected chi connectivity index (χ1v) is 7.59. The van der Waals surface area contributed by atoms with Gasteiger partial charge in [0, 0.05) is 18.0 Å². The van der Waals surface area contributed by atoms with Gasteiger partial charge in [0.2, 0.25) is 0 Å². The summed E-state index contributed by atoms with van der Waals surface area (Å²) in [5.74, 6) is -0.202. The Morgan fingerprint density at radius 3 is 2.83 bits per heavy atom. The van der Waals surface area contributed by atoms with Crippen molar-refractivity contribution in [3.63, 3.8) is 0 Å². The lowest BCUT2D eigenvalue weighted by Crippen LogP contribution is -2.40. The number of hydrogen-bond acceptors (Lipinski definition) is 1. The molecule has 18 heavy (non-hydrogen) atoms.